The maximum atomic E-state index is 11.9. The molecule has 128 valence electrons. The van der Waals surface area contributed by atoms with Crippen molar-refractivity contribution in [3.05, 3.63) is 63.9 Å². The topological polar surface area (TPSA) is 86.9 Å². The molecule has 0 aliphatic heterocycles. The zero-order chi connectivity index (χ0) is 17.8. The van der Waals surface area contributed by atoms with Gasteiger partial charge in [-0.1, -0.05) is 41.4 Å². The molecule has 2 amide bonds. The second kappa shape index (κ2) is 7.55. The number of halogens is 2. The lowest BCUT2D eigenvalue weighted by Gasteiger charge is -2.07. The third-order valence-electron chi connectivity index (χ3n) is 3.46. The summed E-state index contributed by atoms with van der Waals surface area (Å²) in [6.45, 7) is 0. The summed E-state index contributed by atoms with van der Waals surface area (Å²) in [4.78, 5) is 31.2. The first-order chi connectivity index (χ1) is 12.0. The molecule has 6 nitrogen and oxygen atoms in total. The number of rotatable bonds is 4. The van der Waals surface area contributed by atoms with Crippen LogP contribution in [-0.4, -0.2) is 21.8 Å². The van der Waals surface area contributed by atoms with E-state index in [2.05, 4.69) is 20.8 Å². The van der Waals surface area contributed by atoms with E-state index < -0.39 is 0 Å². The number of hydrazine groups is 1. The summed E-state index contributed by atoms with van der Waals surface area (Å²) in [5.74, 6) is -0.213. The van der Waals surface area contributed by atoms with E-state index in [1.807, 2.05) is 24.3 Å². The van der Waals surface area contributed by atoms with E-state index in [9.17, 15) is 9.59 Å². The van der Waals surface area contributed by atoms with Crippen molar-refractivity contribution in [3.8, 4) is 0 Å². The van der Waals surface area contributed by atoms with Crippen LogP contribution >= 0.6 is 23.2 Å². The van der Waals surface area contributed by atoms with Gasteiger partial charge in [0.05, 0.1) is 33.9 Å². The van der Waals surface area contributed by atoms with Crippen LogP contribution in [0.4, 0.5) is 0 Å². The highest BCUT2D eigenvalue weighted by molar-refractivity contribution is 6.42. The Morgan fingerprint density at radius 1 is 0.960 bits per heavy atom. The first kappa shape index (κ1) is 17.3. The summed E-state index contributed by atoms with van der Waals surface area (Å²) in [7, 11) is 0. The normalized spacial score (nSPS) is 10.6. The summed E-state index contributed by atoms with van der Waals surface area (Å²) in [5, 5.41) is 0.797. The first-order valence-corrected chi connectivity index (χ1v) is 8.22. The fourth-order valence-electron chi connectivity index (χ4n) is 2.30. The highest BCUT2D eigenvalue weighted by atomic mass is 35.5. The van der Waals surface area contributed by atoms with Gasteiger partial charge < -0.3 is 4.98 Å². The molecule has 0 fully saturated rings. The highest BCUT2D eigenvalue weighted by Crippen LogP contribution is 2.22. The van der Waals surface area contributed by atoms with Crippen molar-refractivity contribution in [2.45, 2.75) is 12.8 Å². The number of H-pyrrole nitrogens is 1. The number of fused-ring (bicyclic) bond motifs is 1. The van der Waals surface area contributed by atoms with Crippen LogP contribution in [0, 0.1) is 0 Å². The van der Waals surface area contributed by atoms with Gasteiger partial charge in [0, 0.05) is 0 Å². The number of benzene rings is 2. The minimum Gasteiger partial charge on any atom is -0.342 e. The predicted molar refractivity (Wildman–Crippen MR) is 96.2 cm³/mol. The Labute approximate surface area is 153 Å². The summed E-state index contributed by atoms with van der Waals surface area (Å²) in [5.41, 5.74) is 7.06. The molecule has 3 rings (SSSR count). The molecule has 25 heavy (non-hydrogen) atoms. The quantitative estimate of drug-likeness (QED) is 0.611. The lowest BCUT2D eigenvalue weighted by atomic mass is 10.1. The average molecular weight is 377 g/mol. The zero-order valence-electron chi connectivity index (χ0n) is 13.0. The van der Waals surface area contributed by atoms with Crippen LogP contribution in [0.1, 0.15) is 11.4 Å². The molecule has 3 N–H and O–H groups in total. The van der Waals surface area contributed by atoms with Crippen LogP contribution < -0.4 is 10.9 Å². The highest BCUT2D eigenvalue weighted by Gasteiger charge is 2.10. The molecule has 0 aliphatic rings. The standard InChI is InChI=1S/C17H14Cl2N4O2/c18-11-6-5-10(7-12(11)19)8-16(24)22-23-17(25)9-15-20-13-3-1-2-4-14(13)21-15/h1-7H,8-9H2,(H,20,21)(H,22,24)(H,23,25). The van der Waals surface area contributed by atoms with E-state index in [0.29, 0.717) is 21.4 Å². The number of carbonyl (C=O) groups excluding carboxylic acids is 2. The predicted octanol–water partition coefficient (Wildman–Crippen LogP) is 2.80. The minimum atomic E-state index is -0.374. The largest absolute Gasteiger partial charge is 0.342 e. The van der Waals surface area contributed by atoms with Crippen LogP contribution in [0.2, 0.25) is 10.0 Å². The van der Waals surface area contributed by atoms with Crippen LogP contribution in [0.25, 0.3) is 11.0 Å². The number of nitrogens with one attached hydrogen (secondary N) is 3. The molecule has 3 aromatic rings. The molecule has 0 unspecified atom stereocenters. The van der Waals surface area contributed by atoms with Crippen molar-refractivity contribution in [1.82, 2.24) is 20.8 Å². The molecule has 0 radical (unpaired) electrons. The molecular formula is C17H14Cl2N4O2. The Morgan fingerprint density at radius 2 is 1.68 bits per heavy atom. The fraction of sp³-hybridized carbons (Fsp3) is 0.118. The number of para-hydroxylation sites is 2. The summed E-state index contributed by atoms with van der Waals surface area (Å²) < 4.78 is 0. The number of aromatic amines is 1. The Morgan fingerprint density at radius 3 is 2.40 bits per heavy atom. The van der Waals surface area contributed by atoms with E-state index in [-0.39, 0.29) is 24.7 Å². The van der Waals surface area contributed by atoms with E-state index in [1.54, 1.807) is 18.2 Å². The van der Waals surface area contributed by atoms with Crippen molar-refractivity contribution in [2.24, 2.45) is 0 Å². The van der Waals surface area contributed by atoms with Gasteiger partial charge in [0.2, 0.25) is 11.8 Å². The van der Waals surface area contributed by atoms with Gasteiger partial charge in [0.15, 0.2) is 0 Å². The number of hydrogen-bond acceptors (Lipinski definition) is 3. The van der Waals surface area contributed by atoms with E-state index in [1.165, 1.54) is 0 Å². The van der Waals surface area contributed by atoms with Crippen molar-refractivity contribution in [1.29, 1.82) is 0 Å². The molecule has 0 bridgehead atoms. The maximum absolute atomic E-state index is 11.9. The van der Waals surface area contributed by atoms with Crippen LogP contribution in [0.15, 0.2) is 42.5 Å². The van der Waals surface area contributed by atoms with Crippen molar-refractivity contribution in [3.63, 3.8) is 0 Å². The lowest BCUT2D eigenvalue weighted by Crippen LogP contribution is -2.43. The van der Waals surface area contributed by atoms with Crippen molar-refractivity contribution >= 4 is 46.0 Å². The third kappa shape index (κ3) is 4.49. The molecule has 0 saturated carbocycles. The smallest absolute Gasteiger partial charge is 0.245 e. The number of amides is 2. The minimum absolute atomic E-state index is 0.0295. The molecule has 0 atom stereocenters. The molecule has 0 spiro atoms. The monoisotopic (exact) mass is 376 g/mol. The van der Waals surface area contributed by atoms with Gasteiger partial charge >= 0.3 is 0 Å². The second-order valence-electron chi connectivity index (χ2n) is 5.40. The van der Waals surface area contributed by atoms with E-state index in [0.717, 1.165) is 11.0 Å². The van der Waals surface area contributed by atoms with Crippen molar-refractivity contribution < 1.29 is 9.59 Å². The van der Waals surface area contributed by atoms with E-state index >= 15 is 0 Å². The summed E-state index contributed by atoms with van der Waals surface area (Å²) in [6, 6.07) is 12.4. The maximum Gasteiger partial charge on any atom is 0.245 e. The van der Waals surface area contributed by atoms with Crippen molar-refractivity contribution in [2.75, 3.05) is 0 Å². The number of nitrogens with zero attached hydrogens (tertiary/aromatic N) is 1. The Balaban J connectivity index is 1.51. The van der Waals surface area contributed by atoms with Crippen LogP contribution in [0.3, 0.4) is 0 Å². The zero-order valence-corrected chi connectivity index (χ0v) is 14.5. The van der Waals surface area contributed by atoms with Gasteiger partial charge in [0.1, 0.15) is 5.82 Å². The number of aromatic nitrogens is 2. The molecule has 1 aromatic heterocycles. The van der Waals surface area contributed by atoms with Gasteiger partial charge in [-0.05, 0) is 29.8 Å². The molecule has 1 heterocycles. The fourth-order valence-corrected chi connectivity index (χ4v) is 2.62. The molecular weight excluding hydrogens is 363 g/mol. The van der Waals surface area contributed by atoms with Crippen LogP contribution in [-0.2, 0) is 22.4 Å². The number of hydrogen-bond donors (Lipinski definition) is 3. The third-order valence-corrected chi connectivity index (χ3v) is 4.20. The van der Waals surface area contributed by atoms with Gasteiger partial charge in [-0.3, -0.25) is 20.4 Å². The SMILES string of the molecule is O=C(Cc1ccc(Cl)c(Cl)c1)NNC(=O)Cc1nc2ccccc2[nH]1. The Hall–Kier alpha value is -2.57. The lowest BCUT2D eigenvalue weighted by molar-refractivity contribution is -0.128. The first-order valence-electron chi connectivity index (χ1n) is 7.46. The van der Waals surface area contributed by atoms with E-state index in [4.69, 9.17) is 23.2 Å². The molecule has 0 saturated heterocycles. The second-order valence-corrected chi connectivity index (χ2v) is 6.21. The Bertz CT molecular complexity index is 906. The van der Waals surface area contributed by atoms with Gasteiger partial charge in [0.25, 0.3) is 0 Å². The summed E-state index contributed by atoms with van der Waals surface area (Å²) >= 11 is 11.7. The summed E-state index contributed by atoms with van der Waals surface area (Å²) in [6.07, 6.45) is 0.101. The molecule has 8 heteroatoms. The number of carbonyl (C=O) groups is 2. The van der Waals surface area contributed by atoms with Gasteiger partial charge in [-0.25, -0.2) is 4.98 Å². The number of imidazole rings is 1. The average Bonchev–Trinajstić information content (AvgIpc) is 2.98. The molecule has 0 aliphatic carbocycles. The molecule has 2 aromatic carbocycles. The van der Waals surface area contributed by atoms with Gasteiger partial charge in [-0.15, -0.1) is 0 Å². The Kier molecular flexibility index (Phi) is 5.21. The van der Waals surface area contributed by atoms with Gasteiger partial charge in [-0.2, -0.15) is 0 Å². The van der Waals surface area contributed by atoms with Crippen LogP contribution in [0.5, 0.6) is 0 Å².